The molecule has 6 nitrogen and oxygen atoms in total. The van der Waals surface area contributed by atoms with Gasteiger partial charge in [-0.15, -0.1) is 0 Å². The Kier molecular flexibility index (Phi) is 4.91. The first kappa shape index (κ1) is 17.2. The van der Waals surface area contributed by atoms with Gasteiger partial charge in [-0.3, -0.25) is 4.79 Å². The highest BCUT2D eigenvalue weighted by molar-refractivity contribution is 7.89. The average Bonchev–Trinajstić information content (AvgIpc) is 2.75. The van der Waals surface area contributed by atoms with Crippen molar-refractivity contribution in [3.63, 3.8) is 0 Å². The number of aromatic nitrogens is 1. The predicted octanol–water partition coefficient (Wildman–Crippen LogP) is 1.55. The molecule has 3 N–H and O–H groups in total. The molecule has 7 heteroatoms. The highest BCUT2D eigenvalue weighted by atomic mass is 32.2. The number of nitrogens with two attached hydrogens (primary N) is 1. The molecular weight excluding hydrogens is 314 g/mol. The van der Waals surface area contributed by atoms with Gasteiger partial charge in [-0.2, -0.15) is 0 Å². The number of carbonyl (C=O) groups is 1. The smallest absolute Gasteiger partial charge is 0.253 e. The lowest BCUT2D eigenvalue weighted by Gasteiger charge is -2.10. The minimum atomic E-state index is -3.68. The molecule has 23 heavy (non-hydrogen) atoms. The molecule has 2 rings (SSSR count). The zero-order valence-electron chi connectivity index (χ0n) is 13.5. The van der Waals surface area contributed by atoms with Gasteiger partial charge < -0.3 is 9.88 Å². The zero-order valence-corrected chi connectivity index (χ0v) is 14.3. The van der Waals surface area contributed by atoms with E-state index in [0.717, 1.165) is 17.0 Å². The quantitative estimate of drug-likeness (QED) is 0.868. The second-order valence-electron chi connectivity index (χ2n) is 5.42. The van der Waals surface area contributed by atoms with Gasteiger partial charge in [0, 0.05) is 24.5 Å². The van der Waals surface area contributed by atoms with Crippen LogP contribution < -0.4 is 10.5 Å². The van der Waals surface area contributed by atoms with Crippen molar-refractivity contribution >= 4 is 15.9 Å². The third-order valence-corrected chi connectivity index (χ3v) is 4.68. The monoisotopic (exact) mass is 335 g/mol. The molecule has 0 radical (unpaired) electrons. The summed E-state index contributed by atoms with van der Waals surface area (Å²) in [6, 6.07) is 8.29. The fourth-order valence-electron chi connectivity index (χ4n) is 2.50. The van der Waals surface area contributed by atoms with E-state index in [4.69, 9.17) is 5.14 Å². The van der Waals surface area contributed by atoms with Crippen LogP contribution in [0.3, 0.4) is 0 Å². The molecule has 1 aromatic heterocycles. The Morgan fingerprint density at radius 2 is 1.83 bits per heavy atom. The van der Waals surface area contributed by atoms with Gasteiger partial charge in [0.05, 0.1) is 10.5 Å². The summed E-state index contributed by atoms with van der Waals surface area (Å²) in [5.41, 5.74) is 3.44. The van der Waals surface area contributed by atoms with E-state index in [2.05, 4.69) is 5.32 Å². The van der Waals surface area contributed by atoms with Crippen LogP contribution in [-0.4, -0.2) is 25.4 Å². The lowest BCUT2D eigenvalue weighted by molar-refractivity contribution is 0.0955. The van der Waals surface area contributed by atoms with E-state index in [-0.39, 0.29) is 10.8 Å². The number of amides is 1. The molecule has 0 atom stereocenters. The SMILES string of the molecule is CCNC(=O)c1cc(C)n(Cc2ccc(S(N)(=O)=O)cc2)c1C. The molecule has 0 saturated heterocycles. The summed E-state index contributed by atoms with van der Waals surface area (Å²) in [5, 5.41) is 7.89. The van der Waals surface area contributed by atoms with Crippen LogP contribution in [0.5, 0.6) is 0 Å². The predicted molar refractivity (Wildman–Crippen MR) is 88.8 cm³/mol. The van der Waals surface area contributed by atoms with Gasteiger partial charge in [-0.1, -0.05) is 12.1 Å². The molecule has 0 aliphatic rings. The maximum absolute atomic E-state index is 12.0. The molecule has 0 aliphatic heterocycles. The lowest BCUT2D eigenvalue weighted by atomic mass is 10.2. The van der Waals surface area contributed by atoms with Crippen LogP contribution in [0.15, 0.2) is 35.2 Å². The van der Waals surface area contributed by atoms with Crippen molar-refractivity contribution in [3.8, 4) is 0 Å². The zero-order chi connectivity index (χ0) is 17.2. The van der Waals surface area contributed by atoms with Crippen molar-refractivity contribution in [2.45, 2.75) is 32.2 Å². The van der Waals surface area contributed by atoms with E-state index in [1.165, 1.54) is 12.1 Å². The Bertz CT molecular complexity index is 821. The highest BCUT2D eigenvalue weighted by Crippen LogP contribution is 2.18. The average molecular weight is 335 g/mol. The molecule has 2 aromatic rings. The van der Waals surface area contributed by atoms with Crippen LogP contribution >= 0.6 is 0 Å². The first-order valence-corrected chi connectivity index (χ1v) is 8.85. The molecule has 1 amide bonds. The summed E-state index contributed by atoms with van der Waals surface area (Å²) in [6.45, 7) is 6.86. The van der Waals surface area contributed by atoms with E-state index in [1.54, 1.807) is 12.1 Å². The summed E-state index contributed by atoms with van der Waals surface area (Å²) in [5.74, 6) is -0.0866. The first-order valence-electron chi connectivity index (χ1n) is 7.30. The van der Waals surface area contributed by atoms with Crippen molar-refractivity contribution in [2.24, 2.45) is 5.14 Å². The molecule has 0 unspecified atom stereocenters. The number of rotatable bonds is 5. The van der Waals surface area contributed by atoms with Crippen LogP contribution in [0.4, 0.5) is 0 Å². The molecule has 1 heterocycles. The van der Waals surface area contributed by atoms with E-state index >= 15 is 0 Å². The standard InChI is InChI=1S/C16H21N3O3S/c1-4-18-16(20)15-9-11(2)19(12(15)3)10-13-5-7-14(8-6-13)23(17,21)22/h5-9H,4,10H2,1-3H3,(H,18,20)(H2,17,21,22). The molecule has 124 valence electrons. The molecule has 0 fully saturated rings. The highest BCUT2D eigenvalue weighted by Gasteiger charge is 2.15. The second-order valence-corrected chi connectivity index (χ2v) is 6.98. The van der Waals surface area contributed by atoms with Gasteiger partial charge in [0.25, 0.3) is 5.91 Å². The van der Waals surface area contributed by atoms with Crippen LogP contribution in [0, 0.1) is 13.8 Å². The second kappa shape index (κ2) is 6.55. The number of benzene rings is 1. The molecule has 1 aromatic carbocycles. The van der Waals surface area contributed by atoms with Crippen LogP contribution in [0.2, 0.25) is 0 Å². The molecule has 0 aliphatic carbocycles. The minimum absolute atomic E-state index is 0.0866. The Balaban J connectivity index is 2.29. The fourth-order valence-corrected chi connectivity index (χ4v) is 3.01. The molecule has 0 bridgehead atoms. The number of nitrogens with one attached hydrogen (secondary N) is 1. The lowest BCUT2D eigenvalue weighted by Crippen LogP contribution is -2.23. The van der Waals surface area contributed by atoms with Crippen molar-refractivity contribution in [1.82, 2.24) is 9.88 Å². The number of aryl methyl sites for hydroxylation is 1. The van der Waals surface area contributed by atoms with Gasteiger partial charge in [0.15, 0.2) is 0 Å². The number of nitrogens with zero attached hydrogens (tertiary/aromatic N) is 1. The van der Waals surface area contributed by atoms with Crippen molar-refractivity contribution in [3.05, 3.63) is 52.8 Å². The summed E-state index contributed by atoms with van der Waals surface area (Å²) in [6.07, 6.45) is 0. The third kappa shape index (κ3) is 3.80. The number of carbonyl (C=O) groups excluding carboxylic acids is 1. The van der Waals surface area contributed by atoms with Gasteiger partial charge >= 0.3 is 0 Å². The largest absolute Gasteiger partial charge is 0.352 e. The number of hydrogen-bond acceptors (Lipinski definition) is 3. The van der Waals surface area contributed by atoms with Crippen LogP contribution in [-0.2, 0) is 16.6 Å². The molecular formula is C16H21N3O3S. The van der Waals surface area contributed by atoms with Gasteiger partial charge in [-0.05, 0) is 44.5 Å². The van der Waals surface area contributed by atoms with Crippen LogP contribution in [0.1, 0.15) is 34.2 Å². The summed E-state index contributed by atoms with van der Waals surface area (Å²) in [4.78, 5) is 12.1. The summed E-state index contributed by atoms with van der Waals surface area (Å²) >= 11 is 0. The minimum Gasteiger partial charge on any atom is -0.352 e. The first-order chi connectivity index (χ1) is 10.7. The Hall–Kier alpha value is -2.12. The number of sulfonamides is 1. The topological polar surface area (TPSA) is 94.2 Å². The van der Waals surface area contributed by atoms with Gasteiger partial charge in [0.2, 0.25) is 10.0 Å². The van der Waals surface area contributed by atoms with Crippen molar-refractivity contribution in [1.29, 1.82) is 0 Å². The Morgan fingerprint density at radius 3 is 2.35 bits per heavy atom. The third-order valence-electron chi connectivity index (χ3n) is 3.75. The maximum atomic E-state index is 12.0. The van der Waals surface area contributed by atoms with Gasteiger partial charge in [0.1, 0.15) is 0 Å². The van der Waals surface area contributed by atoms with Crippen LogP contribution in [0.25, 0.3) is 0 Å². The van der Waals surface area contributed by atoms with E-state index in [9.17, 15) is 13.2 Å². The normalized spacial score (nSPS) is 11.5. The van der Waals surface area contributed by atoms with E-state index in [1.807, 2.05) is 31.4 Å². The Labute approximate surface area is 136 Å². The molecule has 0 spiro atoms. The molecule has 0 saturated carbocycles. The summed E-state index contributed by atoms with van der Waals surface area (Å²) < 4.78 is 24.6. The van der Waals surface area contributed by atoms with E-state index in [0.29, 0.717) is 18.7 Å². The van der Waals surface area contributed by atoms with Gasteiger partial charge in [-0.25, -0.2) is 13.6 Å². The number of hydrogen-bond donors (Lipinski definition) is 2. The Morgan fingerprint density at radius 1 is 1.22 bits per heavy atom. The maximum Gasteiger partial charge on any atom is 0.253 e. The van der Waals surface area contributed by atoms with E-state index < -0.39 is 10.0 Å². The fraction of sp³-hybridized carbons (Fsp3) is 0.312. The van der Waals surface area contributed by atoms with Crippen molar-refractivity contribution < 1.29 is 13.2 Å². The summed E-state index contributed by atoms with van der Waals surface area (Å²) in [7, 11) is -3.68. The number of primary sulfonamides is 1. The van der Waals surface area contributed by atoms with Crippen molar-refractivity contribution in [2.75, 3.05) is 6.54 Å².